The molecule has 0 aromatic heterocycles. The lowest BCUT2D eigenvalue weighted by Gasteiger charge is -2.27. The van der Waals surface area contributed by atoms with Crippen molar-refractivity contribution >= 4 is 17.7 Å². The van der Waals surface area contributed by atoms with Gasteiger partial charge in [0.15, 0.2) is 0 Å². The number of amides is 1. The maximum absolute atomic E-state index is 11.3. The van der Waals surface area contributed by atoms with Crippen LogP contribution in [0.4, 0.5) is 0 Å². The molecule has 4 heteroatoms. The molecule has 0 spiro atoms. The molecule has 3 N–H and O–H groups in total. The predicted octanol–water partition coefficient (Wildman–Crippen LogP) is 1.37. The normalized spacial score (nSPS) is 15.1. The van der Waals surface area contributed by atoms with Gasteiger partial charge in [-0.3, -0.25) is 4.79 Å². The van der Waals surface area contributed by atoms with Gasteiger partial charge in [-0.1, -0.05) is 6.92 Å². The van der Waals surface area contributed by atoms with Crippen molar-refractivity contribution in [2.45, 2.75) is 38.6 Å². The third-order valence-electron chi connectivity index (χ3n) is 2.33. The summed E-state index contributed by atoms with van der Waals surface area (Å²) in [7, 11) is 0. The topological polar surface area (TPSA) is 55.1 Å². The fourth-order valence-electron chi connectivity index (χ4n) is 1.27. The Labute approximate surface area is 91.2 Å². The summed E-state index contributed by atoms with van der Waals surface area (Å²) in [5.41, 5.74) is 4.86. The lowest BCUT2D eigenvalue weighted by molar-refractivity contribution is -0.124. The minimum atomic E-state index is -0.522. The van der Waals surface area contributed by atoms with Crippen LogP contribution >= 0.6 is 11.8 Å². The fourth-order valence-corrected chi connectivity index (χ4v) is 1.70. The van der Waals surface area contributed by atoms with Crippen LogP contribution < -0.4 is 11.1 Å². The van der Waals surface area contributed by atoms with Crippen LogP contribution in [0.2, 0.25) is 0 Å². The molecule has 0 radical (unpaired) electrons. The van der Waals surface area contributed by atoms with Crippen LogP contribution in [-0.4, -0.2) is 30.0 Å². The van der Waals surface area contributed by atoms with Gasteiger partial charge in [-0.15, -0.1) is 0 Å². The summed E-state index contributed by atoms with van der Waals surface area (Å²) in [5.74, 6) is 0.837. The number of carbonyl (C=O) groups excluding carboxylic acids is 1. The number of thioether (sulfide) groups is 1. The van der Waals surface area contributed by atoms with Crippen molar-refractivity contribution in [3.05, 3.63) is 0 Å². The number of hydrogen-bond donors (Lipinski definition) is 2. The van der Waals surface area contributed by atoms with Gasteiger partial charge in [-0.25, -0.2) is 0 Å². The Balaban J connectivity index is 4.03. The van der Waals surface area contributed by atoms with Crippen molar-refractivity contribution in [3.63, 3.8) is 0 Å². The van der Waals surface area contributed by atoms with E-state index in [1.54, 1.807) is 11.8 Å². The Morgan fingerprint density at radius 1 is 1.57 bits per heavy atom. The molecule has 1 atom stereocenters. The molecule has 0 saturated carbocycles. The average Bonchev–Trinajstić information content (AvgIpc) is 2.15. The van der Waals surface area contributed by atoms with Crippen molar-refractivity contribution in [1.82, 2.24) is 5.32 Å². The van der Waals surface area contributed by atoms with Crippen molar-refractivity contribution < 1.29 is 4.79 Å². The van der Waals surface area contributed by atoms with Gasteiger partial charge in [-0.05, 0) is 44.7 Å². The molecule has 0 aromatic carbocycles. The zero-order valence-electron chi connectivity index (χ0n) is 9.43. The highest BCUT2D eigenvalue weighted by atomic mass is 32.2. The van der Waals surface area contributed by atoms with Gasteiger partial charge in [0.1, 0.15) is 0 Å². The molecule has 3 nitrogen and oxygen atoms in total. The number of nitrogens with two attached hydrogens (primary N) is 1. The molecule has 0 rings (SSSR count). The maximum atomic E-state index is 11.3. The maximum Gasteiger partial charge on any atom is 0.237 e. The molecule has 84 valence electrons. The van der Waals surface area contributed by atoms with Crippen LogP contribution in [0.1, 0.15) is 33.1 Å². The van der Waals surface area contributed by atoms with E-state index >= 15 is 0 Å². The second kappa shape index (κ2) is 7.12. The summed E-state index contributed by atoms with van der Waals surface area (Å²) < 4.78 is 0. The Hall–Kier alpha value is -0.220. The highest BCUT2D eigenvalue weighted by Gasteiger charge is 2.28. The first-order valence-electron chi connectivity index (χ1n) is 5.10. The van der Waals surface area contributed by atoms with E-state index in [9.17, 15) is 4.79 Å². The van der Waals surface area contributed by atoms with E-state index in [4.69, 9.17) is 5.73 Å². The van der Waals surface area contributed by atoms with E-state index in [0.29, 0.717) is 0 Å². The van der Waals surface area contributed by atoms with Gasteiger partial charge in [0, 0.05) is 0 Å². The SMILES string of the molecule is CCCNC(C)(CCCSC)C(N)=O. The number of primary amides is 1. The van der Waals surface area contributed by atoms with Crippen molar-refractivity contribution in [1.29, 1.82) is 0 Å². The fraction of sp³-hybridized carbons (Fsp3) is 0.900. The summed E-state index contributed by atoms with van der Waals surface area (Å²) in [6.45, 7) is 4.82. The Kier molecular flexibility index (Phi) is 7.01. The largest absolute Gasteiger partial charge is 0.368 e. The first kappa shape index (κ1) is 13.8. The molecular weight excluding hydrogens is 196 g/mol. The smallest absolute Gasteiger partial charge is 0.237 e. The van der Waals surface area contributed by atoms with E-state index in [0.717, 1.165) is 31.6 Å². The summed E-state index contributed by atoms with van der Waals surface area (Å²) in [6, 6.07) is 0. The Bertz CT molecular complexity index is 176. The molecule has 0 saturated heterocycles. The minimum Gasteiger partial charge on any atom is -0.368 e. The van der Waals surface area contributed by atoms with Gasteiger partial charge < -0.3 is 11.1 Å². The second-order valence-electron chi connectivity index (χ2n) is 3.72. The van der Waals surface area contributed by atoms with Crippen LogP contribution in [-0.2, 0) is 4.79 Å². The molecule has 14 heavy (non-hydrogen) atoms. The lowest BCUT2D eigenvalue weighted by atomic mass is 9.95. The molecule has 0 aliphatic carbocycles. The molecule has 0 fully saturated rings. The third-order valence-corrected chi connectivity index (χ3v) is 3.03. The zero-order valence-corrected chi connectivity index (χ0v) is 10.2. The van der Waals surface area contributed by atoms with Crippen molar-refractivity contribution in [2.75, 3.05) is 18.6 Å². The summed E-state index contributed by atoms with van der Waals surface area (Å²) in [6.07, 6.45) is 4.94. The lowest BCUT2D eigenvalue weighted by Crippen LogP contribution is -2.53. The molecule has 0 bridgehead atoms. The molecular formula is C10H22N2OS. The van der Waals surface area contributed by atoms with Gasteiger partial charge in [0.25, 0.3) is 0 Å². The van der Waals surface area contributed by atoms with E-state index < -0.39 is 5.54 Å². The van der Waals surface area contributed by atoms with Crippen LogP contribution in [0.25, 0.3) is 0 Å². The molecule has 0 heterocycles. The van der Waals surface area contributed by atoms with E-state index in [1.807, 2.05) is 6.92 Å². The van der Waals surface area contributed by atoms with Gasteiger partial charge in [0.05, 0.1) is 5.54 Å². The molecule has 1 amide bonds. The number of rotatable bonds is 8. The number of carbonyl (C=O) groups is 1. The van der Waals surface area contributed by atoms with Gasteiger partial charge in [0.2, 0.25) is 5.91 Å². The predicted molar refractivity (Wildman–Crippen MR) is 63.5 cm³/mol. The number of hydrogen-bond acceptors (Lipinski definition) is 3. The van der Waals surface area contributed by atoms with E-state index in [2.05, 4.69) is 18.5 Å². The second-order valence-corrected chi connectivity index (χ2v) is 4.71. The Morgan fingerprint density at radius 3 is 2.64 bits per heavy atom. The van der Waals surface area contributed by atoms with Crippen LogP contribution in [0.5, 0.6) is 0 Å². The standard InChI is InChI=1S/C10H22N2OS/c1-4-7-12-10(2,9(11)13)6-5-8-14-3/h12H,4-8H2,1-3H3,(H2,11,13). The summed E-state index contributed by atoms with van der Waals surface area (Å²) in [4.78, 5) is 11.3. The van der Waals surface area contributed by atoms with E-state index in [-0.39, 0.29) is 5.91 Å². The van der Waals surface area contributed by atoms with Crippen LogP contribution in [0.3, 0.4) is 0 Å². The minimum absolute atomic E-state index is 0.243. The summed E-state index contributed by atoms with van der Waals surface area (Å²) in [5, 5.41) is 3.22. The van der Waals surface area contributed by atoms with Crippen LogP contribution in [0, 0.1) is 0 Å². The highest BCUT2D eigenvalue weighted by Crippen LogP contribution is 2.13. The summed E-state index contributed by atoms with van der Waals surface area (Å²) >= 11 is 1.80. The van der Waals surface area contributed by atoms with Crippen molar-refractivity contribution in [3.8, 4) is 0 Å². The van der Waals surface area contributed by atoms with Crippen LogP contribution in [0.15, 0.2) is 0 Å². The third kappa shape index (κ3) is 4.86. The molecule has 0 aliphatic heterocycles. The Morgan fingerprint density at radius 2 is 2.21 bits per heavy atom. The average molecular weight is 218 g/mol. The molecule has 0 aromatic rings. The molecule has 1 unspecified atom stereocenters. The van der Waals surface area contributed by atoms with E-state index in [1.165, 1.54) is 0 Å². The monoisotopic (exact) mass is 218 g/mol. The van der Waals surface area contributed by atoms with Gasteiger partial charge in [-0.2, -0.15) is 11.8 Å². The molecule has 0 aliphatic rings. The quantitative estimate of drug-likeness (QED) is 0.605. The van der Waals surface area contributed by atoms with Gasteiger partial charge >= 0.3 is 0 Å². The number of nitrogens with one attached hydrogen (secondary N) is 1. The first-order valence-corrected chi connectivity index (χ1v) is 6.50. The highest BCUT2D eigenvalue weighted by molar-refractivity contribution is 7.98. The zero-order chi connectivity index (χ0) is 11.0. The van der Waals surface area contributed by atoms with Crippen molar-refractivity contribution in [2.24, 2.45) is 5.73 Å². The first-order chi connectivity index (χ1) is 6.56.